The van der Waals surface area contributed by atoms with E-state index in [1.807, 2.05) is 6.92 Å². The van der Waals surface area contributed by atoms with E-state index in [9.17, 15) is 4.79 Å². The van der Waals surface area contributed by atoms with Crippen molar-refractivity contribution in [2.75, 3.05) is 5.75 Å². The van der Waals surface area contributed by atoms with Crippen LogP contribution in [0.4, 0.5) is 4.79 Å². The number of thioether (sulfide) groups is 2. The molecule has 0 aromatic carbocycles. The molecule has 0 spiro atoms. The van der Waals surface area contributed by atoms with E-state index in [4.69, 9.17) is 46.4 Å². The molecule has 0 unspecified atom stereocenters. The summed E-state index contributed by atoms with van der Waals surface area (Å²) in [6.45, 7) is 1.97. The SMILES string of the molecule is CC[C@@H](Cl)CSC(=O)S[C@H](Cl)C(Cl)Cl. The molecule has 1 nitrogen and oxygen atoms in total. The molecule has 0 amide bonds. The van der Waals surface area contributed by atoms with Gasteiger partial charge in [-0.1, -0.05) is 30.4 Å². The fourth-order valence-electron chi connectivity index (χ4n) is 0.454. The molecule has 0 aliphatic carbocycles. The lowest BCUT2D eigenvalue weighted by Gasteiger charge is -2.08. The van der Waals surface area contributed by atoms with Crippen molar-refractivity contribution >= 4 is 74.4 Å². The van der Waals surface area contributed by atoms with Gasteiger partial charge in [-0.3, -0.25) is 4.79 Å². The smallest absolute Gasteiger partial charge is 0.247 e. The van der Waals surface area contributed by atoms with E-state index in [-0.39, 0.29) is 9.82 Å². The molecular formula is C7H10Cl4OS2. The van der Waals surface area contributed by atoms with Gasteiger partial charge in [0.25, 0.3) is 0 Å². The highest BCUT2D eigenvalue weighted by Crippen LogP contribution is 2.31. The number of carbonyl (C=O) groups is 1. The molecule has 0 saturated heterocycles. The Hall–Kier alpha value is 1.53. The third kappa shape index (κ3) is 7.77. The summed E-state index contributed by atoms with van der Waals surface area (Å²) in [7, 11) is 0. The minimum Gasteiger partial charge on any atom is -0.274 e. The molecule has 0 fully saturated rings. The molecule has 0 aliphatic heterocycles. The molecule has 0 aromatic rings. The molecular weight excluding hydrogens is 306 g/mol. The van der Waals surface area contributed by atoms with Gasteiger partial charge in [0.2, 0.25) is 4.45 Å². The Balaban J connectivity index is 3.65. The van der Waals surface area contributed by atoms with Gasteiger partial charge >= 0.3 is 0 Å². The number of hydrogen-bond acceptors (Lipinski definition) is 3. The highest BCUT2D eigenvalue weighted by molar-refractivity contribution is 8.39. The Morgan fingerprint density at radius 3 is 2.29 bits per heavy atom. The van der Waals surface area contributed by atoms with E-state index in [0.717, 1.165) is 29.9 Å². The van der Waals surface area contributed by atoms with Crippen molar-refractivity contribution in [3.63, 3.8) is 0 Å². The van der Waals surface area contributed by atoms with Crippen LogP contribution in [-0.4, -0.2) is 25.1 Å². The first-order valence-electron chi connectivity index (χ1n) is 3.87. The van der Waals surface area contributed by atoms with Gasteiger partial charge in [-0.05, 0) is 6.42 Å². The quantitative estimate of drug-likeness (QED) is 0.667. The fourth-order valence-corrected chi connectivity index (χ4v) is 2.98. The van der Waals surface area contributed by atoms with Crippen LogP contribution >= 0.6 is 69.9 Å². The summed E-state index contributed by atoms with van der Waals surface area (Å²) in [6.07, 6.45) is 0.838. The third-order valence-corrected chi connectivity index (χ3v) is 5.59. The van der Waals surface area contributed by atoms with Crippen LogP contribution in [0.25, 0.3) is 0 Å². The average molecular weight is 316 g/mol. The highest BCUT2D eigenvalue weighted by atomic mass is 35.5. The van der Waals surface area contributed by atoms with Crippen molar-refractivity contribution in [1.82, 2.24) is 0 Å². The predicted molar refractivity (Wildman–Crippen MR) is 70.5 cm³/mol. The minimum atomic E-state index is -0.746. The lowest BCUT2D eigenvalue weighted by atomic mass is 10.4. The van der Waals surface area contributed by atoms with E-state index in [0.29, 0.717) is 5.75 Å². The lowest BCUT2D eigenvalue weighted by Crippen LogP contribution is -2.07. The largest absolute Gasteiger partial charge is 0.274 e. The van der Waals surface area contributed by atoms with Crippen LogP contribution in [0.15, 0.2) is 0 Å². The molecule has 0 heterocycles. The standard InChI is InChI=1S/C7H10Cl4OS2/c1-2-4(8)3-13-7(12)14-6(11)5(9)10/h4-6H,2-3H2,1H3/t4-,6+/m1/s1. The number of hydrogen-bond donors (Lipinski definition) is 0. The summed E-state index contributed by atoms with van der Waals surface area (Å²) in [5.74, 6) is 0.586. The van der Waals surface area contributed by atoms with Crippen molar-refractivity contribution in [3.05, 3.63) is 0 Å². The monoisotopic (exact) mass is 314 g/mol. The Labute approximate surface area is 113 Å². The number of alkyl halides is 4. The molecule has 0 saturated carbocycles. The van der Waals surface area contributed by atoms with E-state index < -0.39 is 9.55 Å². The van der Waals surface area contributed by atoms with Gasteiger partial charge in [-0.2, -0.15) is 0 Å². The maximum absolute atomic E-state index is 11.2. The van der Waals surface area contributed by atoms with Crippen molar-refractivity contribution in [1.29, 1.82) is 0 Å². The Bertz CT molecular complexity index is 179. The first-order valence-corrected chi connectivity index (χ1v) is 7.48. The van der Waals surface area contributed by atoms with Gasteiger partial charge in [-0.15, -0.1) is 46.4 Å². The van der Waals surface area contributed by atoms with Gasteiger partial charge in [0.05, 0.1) is 0 Å². The highest BCUT2D eigenvalue weighted by Gasteiger charge is 2.19. The van der Waals surface area contributed by atoms with E-state index in [2.05, 4.69) is 0 Å². The van der Waals surface area contributed by atoms with Crippen LogP contribution in [-0.2, 0) is 0 Å². The van der Waals surface area contributed by atoms with Crippen molar-refractivity contribution in [3.8, 4) is 0 Å². The maximum atomic E-state index is 11.2. The number of carbonyl (C=O) groups excluding carboxylic acids is 1. The Morgan fingerprint density at radius 1 is 1.29 bits per heavy atom. The summed E-state index contributed by atoms with van der Waals surface area (Å²) < 4.78 is -0.705. The first-order chi connectivity index (χ1) is 6.47. The lowest BCUT2D eigenvalue weighted by molar-refractivity contribution is 0.276. The average Bonchev–Trinajstić information content (AvgIpc) is 2.13. The van der Waals surface area contributed by atoms with Crippen molar-refractivity contribution < 1.29 is 4.79 Å². The normalized spacial score (nSPS) is 15.6. The summed E-state index contributed by atoms with van der Waals surface area (Å²) in [6, 6.07) is 0. The molecule has 2 atom stereocenters. The zero-order valence-corrected chi connectivity index (χ0v) is 12.0. The second-order valence-corrected chi connectivity index (χ2v) is 7.25. The van der Waals surface area contributed by atoms with E-state index in [1.165, 1.54) is 0 Å². The molecule has 0 rings (SSSR count). The Kier molecular flexibility index (Phi) is 9.60. The summed E-state index contributed by atoms with van der Waals surface area (Å²) in [4.78, 5) is 10.5. The minimum absolute atomic E-state index is 0.0149. The van der Waals surface area contributed by atoms with Crippen LogP contribution in [0, 0.1) is 0 Å². The van der Waals surface area contributed by atoms with Crippen molar-refractivity contribution in [2.24, 2.45) is 0 Å². The van der Waals surface area contributed by atoms with Gasteiger partial charge in [0.15, 0.2) is 0 Å². The second kappa shape index (κ2) is 8.66. The second-order valence-electron chi connectivity index (χ2n) is 2.37. The van der Waals surface area contributed by atoms with Gasteiger partial charge < -0.3 is 0 Å². The van der Waals surface area contributed by atoms with Crippen LogP contribution < -0.4 is 0 Å². The molecule has 0 aliphatic rings. The predicted octanol–water partition coefficient (Wildman–Crippen LogP) is 4.96. The molecule has 7 heteroatoms. The first kappa shape index (κ1) is 15.5. The van der Waals surface area contributed by atoms with Crippen LogP contribution in [0.2, 0.25) is 0 Å². The summed E-state index contributed by atoms with van der Waals surface area (Å²) in [5.41, 5.74) is 0. The van der Waals surface area contributed by atoms with E-state index >= 15 is 0 Å². The maximum Gasteiger partial charge on any atom is 0.247 e. The van der Waals surface area contributed by atoms with E-state index in [1.54, 1.807) is 0 Å². The molecule has 0 bridgehead atoms. The topological polar surface area (TPSA) is 17.1 Å². The zero-order valence-electron chi connectivity index (χ0n) is 7.38. The molecule has 14 heavy (non-hydrogen) atoms. The summed E-state index contributed by atoms with van der Waals surface area (Å²) >= 11 is 24.6. The van der Waals surface area contributed by atoms with Crippen LogP contribution in [0.1, 0.15) is 13.3 Å². The molecule has 0 aromatic heterocycles. The number of rotatable bonds is 5. The Morgan fingerprint density at radius 2 is 1.86 bits per heavy atom. The van der Waals surface area contributed by atoms with Gasteiger partial charge in [0, 0.05) is 11.1 Å². The molecule has 0 N–H and O–H groups in total. The van der Waals surface area contributed by atoms with Gasteiger partial charge in [0.1, 0.15) is 9.55 Å². The van der Waals surface area contributed by atoms with Crippen molar-refractivity contribution in [2.45, 2.75) is 28.3 Å². The van der Waals surface area contributed by atoms with Crippen LogP contribution in [0.5, 0.6) is 0 Å². The molecule has 84 valence electrons. The fraction of sp³-hybridized carbons (Fsp3) is 0.857. The third-order valence-electron chi connectivity index (χ3n) is 1.23. The zero-order chi connectivity index (χ0) is 11.1. The molecule has 0 radical (unpaired) electrons. The van der Waals surface area contributed by atoms with Gasteiger partial charge in [-0.25, -0.2) is 0 Å². The number of halogens is 4. The van der Waals surface area contributed by atoms with Crippen LogP contribution in [0.3, 0.4) is 0 Å². The summed E-state index contributed by atoms with van der Waals surface area (Å²) in [5, 5.41) is 0.0149.